The minimum Gasteiger partial charge on any atom is -0.479 e. The Morgan fingerprint density at radius 1 is 1.89 bits per heavy atom. The molecule has 0 amide bonds. The van der Waals surface area contributed by atoms with Crippen LogP contribution in [0.5, 0.6) is 0 Å². The van der Waals surface area contributed by atoms with E-state index in [-0.39, 0.29) is 0 Å². The van der Waals surface area contributed by atoms with Crippen LogP contribution in [-0.4, -0.2) is 16.7 Å². The zero-order valence-corrected chi connectivity index (χ0v) is 4.92. The Morgan fingerprint density at radius 3 is 2.78 bits per heavy atom. The van der Waals surface area contributed by atoms with Gasteiger partial charge in [-0.05, 0) is 13.0 Å². The topological polar surface area (TPSA) is 58.6 Å². The fraction of sp³-hybridized carbons (Fsp3) is 0.400. The Morgan fingerprint density at radius 2 is 2.56 bits per heavy atom. The SMILES string of the molecule is CC1(C(=O)O)C=CNO1. The predicted molar refractivity (Wildman–Crippen MR) is 29.4 cm³/mol. The lowest BCUT2D eigenvalue weighted by molar-refractivity contribution is -0.159. The lowest BCUT2D eigenvalue weighted by atomic mass is 10.1. The first kappa shape index (κ1) is 6.10. The van der Waals surface area contributed by atoms with Gasteiger partial charge in [0.05, 0.1) is 0 Å². The molecule has 1 aliphatic heterocycles. The highest BCUT2D eigenvalue weighted by atomic mass is 16.7. The molecule has 0 aliphatic carbocycles. The van der Waals surface area contributed by atoms with Crippen LogP contribution in [0, 0.1) is 0 Å². The number of carboxylic acid groups (broad SMARTS) is 1. The largest absolute Gasteiger partial charge is 0.479 e. The van der Waals surface area contributed by atoms with Crippen molar-refractivity contribution in [3.05, 3.63) is 12.3 Å². The standard InChI is InChI=1S/C5H7NO3/c1-5(4(7)8)2-3-6-9-5/h2-3,6H,1H3,(H,7,8). The number of hydrogen-bond acceptors (Lipinski definition) is 3. The van der Waals surface area contributed by atoms with Crippen molar-refractivity contribution in [2.75, 3.05) is 0 Å². The number of hydrogen-bond donors (Lipinski definition) is 2. The van der Waals surface area contributed by atoms with Gasteiger partial charge in [-0.2, -0.15) is 0 Å². The van der Waals surface area contributed by atoms with E-state index in [1.807, 2.05) is 0 Å². The van der Waals surface area contributed by atoms with Crippen LogP contribution in [0.2, 0.25) is 0 Å². The van der Waals surface area contributed by atoms with Crippen LogP contribution in [0.1, 0.15) is 6.92 Å². The van der Waals surface area contributed by atoms with E-state index >= 15 is 0 Å². The molecule has 0 saturated carbocycles. The van der Waals surface area contributed by atoms with E-state index in [0.29, 0.717) is 0 Å². The Kier molecular flexibility index (Phi) is 1.17. The van der Waals surface area contributed by atoms with E-state index in [2.05, 4.69) is 10.3 Å². The number of nitrogens with one attached hydrogen (secondary N) is 1. The van der Waals surface area contributed by atoms with E-state index in [9.17, 15) is 4.79 Å². The van der Waals surface area contributed by atoms with Gasteiger partial charge >= 0.3 is 5.97 Å². The zero-order valence-electron chi connectivity index (χ0n) is 4.92. The average molecular weight is 129 g/mol. The lowest BCUT2D eigenvalue weighted by Gasteiger charge is -2.12. The molecule has 0 aromatic carbocycles. The van der Waals surface area contributed by atoms with Gasteiger partial charge in [-0.25, -0.2) is 4.79 Å². The van der Waals surface area contributed by atoms with Crippen LogP contribution >= 0.6 is 0 Å². The molecule has 0 aromatic heterocycles. The van der Waals surface area contributed by atoms with Crippen LogP contribution in [0.3, 0.4) is 0 Å². The van der Waals surface area contributed by atoms with E-state index in [0.717, 1.165) is 0 Å². The van der Waals surface area contributed by atoms with Crippen molar-refractivity contribution in [2.45, 2.75) is 12.5 Å². The minimum atomic E-state index is -1.18. The quantitative estimate of drug-likeness (QED) is 0.518. The van der Waals surface area contributed by atoms with Crippen LogP contribution in [-0.2, 0) is 9.63 Å². The molecule has 1 aliphatic rings. The first-order chi connectivity index (χ1) is 4.15. The molecule has 0 radical (unpaired) electrons. The van der Waals surface area contributed by atoms with Gasteiger partial charge < -0.3 is 5.11 Å². The summed E-state index contributed by atoms with van der Waals surface area (Å²) in [6, 6.07) is 0. The normalized spacial score (nSPS) is 32.1. The van der Waals surface area contributed by atoms with Crippen molar-refractivity contribution in [3.8, 4) is 0 Å². The third-order valence-electron chi connectivity index (χ3n) is 1.17. The highest BCUT2D eigenvalue weighted by molar-refractivity contribution is 5.79. The summed E-state index contributed by atoms with van der Waals surface area (Å²) in [5.74, 6) is -0.997. The van der Waals surface area contributed by atoms with E-state index in [1.54, 1.807) is 0 Å². The Bertz CT molecular complexity index is 166. The predicted octanol–water partition coefficient (Wildman–Crippen LogP) is -0.122. The van der Waals surface area contributed by atoms with Gasteiger partial charge in [0.25, 0.3) is 0 Å². The smallest absolute Gasteiger partial charge is 0.342 e. The van der Waals surface area contributed by atoms with E-state index < -0.39 is 11.6 Å². The van der Waals surface area contributed by atoms with E-state index in [1.165, 1.54) is 19.2 Å². The van der Waals surface area contributed by atoms with Crippen LogP contribution in [0.4, 0.5) is 0 Å². The fourth-order valence-electron chi connectivity index (χ4n) is 0.498. The van der Waals surface area contributed by atoms with Crippen molar-refractivity contribution in [3.63, 3.8) is 0 Å². The highest BCUT2D eigenvalue weighted by Crippen LogP contribution is 2.14. The Hall–Kier alpha value is -1.03. The van der Waals surface area contributed by atoms with Crippen molar-refractivity contribution >= 4 is 5.97 Å². The number of hydroxylamine groups is 1. The fourth-order valence-corrected chi connectivity index (χ4v) is 0.498. The molecule has 4 nitrogen and oxygen atoms in total. The second-order valence-electron chi connectivity index (χ2n) is 1.97. The van der Waals surface area contributed by atoms with Crippen LogP contribution in [0.25, 0.3) is 0 Å². The maximum Gasteiger partial charge on any atom is 0.342 e. The van der Waals surface area contributed by atoms with Crippen molar-refractivity contribution in [1.82, 2.24) is 5.48 Å². The zero-order chi connectivity index (χ0) is 6.91. The van der Waals surface area contributed by atoms with Crippen molar-refractivity contribution in [2.24, 2.45) is 0 Å². The van der Waals surface area contributed by atoms with Gasteiger partial charge in [0.15, 0.2) is 0 Å². The summed E-state index contributed by atoms with van der Waals surface area (Å²) in [6.07, 6.45) is 2.89. The molecule has 1 atom stereocenters. The Balaban J connectivity index is 2.74. The maximum absolute atomic E-state index is 10.3. The third kappa shape index (κ3) is 0.882. The molecule has 1 heterocycles. The van der Waals surface area contributed by atoms with Gasteiger partial charge in [-0.3, -0.25) is 10.3 Å². The highest BCUT2D eigenvalue weighted by Gasteiger charge is 2.34. The van der Waals surface area contributed by atoms with Gasteiger partial charge in [-0.1, -0.05) is 0 Å². The number of rotatable bonds is 1. The number of carboxylic acids is 1. The molecule has 0 saturated heterocycles. The maximum atomic E-state index is 10.3. The van der Waals surface area contributed by atoms with Crippen LogP contribution in [0.15, 0.2) is 12.3 Å². The molecule has 9 heavy (non-hydrogen) atoms. The molecular weight excluding hydrogens is 122 g/mol. The molecule has 0 spiro atoms. The van der Waals surface area contributed by atoms with Crippen molar-refractivity contribution < 1.29 is 14.7 Å². The molecule has 1 unspecified atom stereocenters. The van der Waals surface area contributed by atoms with Gasteiger partial charge in [0, 0.05) is 6.20 Å². The lowest BCUT2D eigenvalue weighted by Crippen LogP contribution is -2.35. The molecule has 1 rings (SSSR count). The summed E-state index contributed by atoms with van der Waals surface area (Å²) in [6.45, 7) is 1.46. The second-order valence-corrected chi connectivity index (χ2v) is 1.97. The summed E-state index contributed by atoms with van der Waals surface area (Å²) in [7, 11) is 0. The molecule has 0 aromatic rings. The first-order valence-corrected chi connectivity index (χ1v) is 2.50. The molecule has 2 N–H and O–H groups in total. The molecule has 50 valence electrons. The minimum absolute atomic E-state index is 0.997. The Labute approximate surface area is 52.1 Å². The number of carbonyl (C=O) groups is 1. The summed E-state index contributed by atoms with van der Waals surface area (Å²) >= 11 is 0. The first-order valence-electron chi connectivity index (χ1n) is 2.50. The molecular formula is C5H7NO3. The van der Waals surface area contributed by atoms with Crippen LogP contribution < -0.4 is 5.48 Å². The van der Waals surface area contributed by atoms with Gasteiger partial charge in [0.1, 0.15) is 0 Å². The van der Waals surface area contributed by atoms with Gasteiger partial charge in [-0.15, -0.1) is 0 Å². The number of aliphatic carboxylic acids is 1. The van der Waals surface area contributed by atoms with E-state index in [4.69, 9.17) is 5.11 Å². The second kappa shape index (κ2) is 1.73. The summed E-state index contributed by atoms with van der Waals surface area (Å²) in [5, 5.41) is 8.46. The third-order valence-corrected chi connectivity index (χ3v) is 1.17. The monoisotopic (exact) mass is 129 g/mol. The summed E-state index contributed by atoms with van der Waals surface area (Å²) < 4.78 is 0. The summed E-state index contributed by atoms with van der Waals surface area (Å²) in [5.41, 5.74) is 1.15. The molecule has 0 fully saturated rings. The molecule has 0 bridgehead atoms. The molecule has 4 heteroatoms. The van der Waals surface area contributed by atoms with Crippen molar-refractivity contribution in [1.29, 1.82) is 0 Å². The summed E-state index contributed by atoms with van der Waals surface area (Å²) in [4.78, 5) is 14.9. The average Bonchev–Trinajstić information content (AvgIpc) is 2.16. The van der Waals surface area contributed by atoms with Gasteiger partial charge in [0.2, 0.25) is 5.60 Å².